The molecule has 1 fully saturated rings. The molecule has 0 radical (unpaired) electrons. The number of aromatic nitrogens is 2. The zero-order valence-electron chi connectivity index (χ0n) is 9.87. The summed E-state index contributed by atoms with van der Waals surface area (Å²) in [5.74, 6) is 0. The lowest BCUT2D eigenvalue weighted by Gasteiger charge is -2.35. The maximum atomic E-state index is 10.1. The van der Waals surface area contributed by atoms with Crippen LogP contribution in [0.1, 0.15) is 44.7 Å². The fourth-order valence-electron chi connectivity index (χ4n) is 2.35. The molecule has 0 amide bonds. The minimum Gasteiger partial charge on any atom is -0.390 e. The monoisotopic (exact) mass is 223 g/mol. The second kappa shape index (κ2) is 4.97. The van der Waals surface area contributed by atoms with Crippen LogP contribution in [0.2, 0.25) is 0 Å². The summed E-state index contributed by atoms with van der Waals surface area (Å²) in [6, 6.07) is 0.537. The van der Waals surface area contributed by atoms with E-state index in [4.69, 9.17) is 0 Å². The van der Waals surface area contributed by atoms with E-state index in [2.05, 4.69) is 22.2 Å². The number of rotatable bonds is 4. The molecule has 90 valence electrons. The van der Waals surface area contributed by atoms with Crippen molar-refractivity contribution in [3.63, 3.8) is 0 Å². The SMILES string of the molecule is CCC1(O)CCC(NCc2cnc[nH]2)CC1. The van der Waals surface area contributed by atoms with Crippen LogP contribution in [0.3, 0.4) is 0 Å². The number of aliphatic hydroxyl groups is 1. The summed E-state index contributed by atoms with van der Waals surface area (Å²) in [6.07, 6.45) is 8.40. The minimum absolute atomic E-state index is 0.397. The van der Waals surface area contributed by atoms with Crippen molar-refractivity contribution in [1.82, 2.24) is 15.3 Å². The first-order valence-electron chi connectivity index (χ1n) is 6.15. The lowest BCUT2D eigenvalue weighted by Crippen LogP contribution is -2.40. The van der Waals surface area contributed by atoms with Gasteiger partial charge in [0.15, 0.2) is 0 Å². The van der Waals surface area contributed by atoms with E-state index in [1.165, 1.54) is 0 Å². The van der Waals surface area contributed by atoms with Gasteiger partial charge in [-0.25, -0.2) is 4.98 Å². The standard InChI is InChI=1S/C12H21N3O/c1-2-12(16)5-3-10(4-6-12)14-8-11-7-13-9-15-11/h7,9-10,14,16H,2-6,8H2,1H3,(H,13,15). The van der Waals surface area contributed by atoms with Crippen LogP contribution in [0.4, 0.5) is 0 Å². The maximum absolute atomic E-state index is 10.1. The second-order valence-corrected chi connectivity index (χ2v) is 4.81. The van der Waals surface area contributed by atoms with Crippen molar-refractivity contribution in [2.45, 2.75) is 57.2 Å². The number of nitrogens with one attached hydrogen (secondary N) is 2. The molecule has 2 rings (SSSR count). The van der Waals surface area contributed by atoms with E-state index < -0.39 is 5.60 Å². The molecule has 0 bridgehead atoms. The first-order valence-corrected chi connectivity index (χ1v) is 6.15. The van der Waals surface area contributed by atoms with Crippen molar-refractivity contribution in [1.29, 1.82) is 0 Å². The van der Waals surface area contributed by atoms with E-state index >= 15 is 0 Å². The predicted octanol–water partition coefficient (Wildman–Crippen LogP) is 1.58. The smallest absolute Gasteiger partial charge is 0.0922 e. The number of aromatic amines is 1. The zero-order chi connectivity index (χ0) is 11.4. The Balaban J connectivity index is 1.73. The average Bonchev–Trinajstić information content (AvgIpc) is 2.81. The number of imidazole rings is 1. The first kappa shape index (κ1) is 11.6. The van der Waals surface area contributed by atoms with Crippen molar-refractivity contribution in [3.8, 4) is 0 Å². The highest BCUT2D eigenvalue weighted by atomic mass is 16.3. The number of H-pyrrole nitrogens is 1. The normalized spacial score (nSPS) is 30.5. The van der Waals surface area contributed by atoms with Gasteiger partial charge in [-0.15, -0.1) is 0 Å². The Bertz CT molecular complexity index is 302. The van der Waals surface area contributed by atoms with Gasteiger partial charge in [0.25, 0.3) is 0 Å². The summed E-state index contributed by atoms with van der Waals surface area (Å²) in [6.45, 7) is 2.91. The summed E-state index contributed by atoms with van der Waals surface area (Å²) in [4.78, 5) is 7.07. The summed E-state index contributed by atoms with van der Waals surface area (Å²) in [5.41, 5.74) is 0.725. The molecule has 1 aromatic rings. The Kier molecular flexibility index (Phi) is 3.61. The largest absolute Gasteiger partial charge is 0.390 e. The van der Waals surface area contributed by atoms with Gasteiger partial charge in [-0.3, -0.25) is 0 Å². The Morgan fingerprint density at radius 2 is 2.31 bits per heavy atom. The van der Waals surface area contributed by atoms with Crippen molar-refractivity contribution in [2.24, 2.45) is 0 Å². The van der Waals surface area contributed by atoms with Crippen molar-refractivity contribution < 1.29 is 5.11 Å². The fourth-order valence-corrected chi connectivity index (χ4v) is 2.35. The maximum Gasteiger partial charge on any atom is 0.0922 e. The number of hydrogen-bond acceptors (Lipinski definition) is 3. The van der Waals surface area contributed by atoms with Gasteiger partial charge in [-0.05, 0) is 32.1 Å². The van der Waals surface area contributed by atoms with E-state index in [0.717, 1.165) is 44.3 Å². The second-order valence-electron chi connectivity index (χ2n) is 4.81. The molecule has 16 heavy (non-hydrogen) atoms. The molecular formula is C12H21N3O. The molecular weight excluding hydrogens is 202 g/mol. The van der Waals surface area contributed by atoms with Crippen LogP contribution in [0.25, 0.3) is 0 Å². The summed E-state index contributed by atoms with van der Waals surface area (Å²) < 4.78 is 0. The average molecular weight is 223 g/mol. The molecule has 4 heteroatoms. The molecule has 1 aliphatic rings. The van der Waals surface area contributed by atoms with Gasteiger partial charge < -0.3 is 15.4 Å². The highest BCUT2D eigenvalue weighted by Crippen LogP contribution is 2.30. The Morgan fingerprint density at radius 3 is 2.88 bits per heavy atom. The molecule has 0 atom stereocenters. The molecule has 0 saturated heterocycles. The Hall–Kier alpha value is -0.870. The van der Waals surface area contributed by atoms with Gasteiger partial charge in [0.1, 0.15) is 0 Å². The highest BCUT2D eigenvalue weighted by molar-refractivity contribution is 4.95. The molecule has 3 N–H and O–H groups in total. The van der Waals surface area contributed by atoms with Gasteiger partial charge in [0.05, 0.1) is 11.9 Å². The summed E-state index contributed by atoms with van der Waals surface area (Å²) in [7, 11) is 0. The number of nitrogens with zero attached hydrogens (tertiary/aromatic N) is 1. The van der Waals surface area contributed by atoms with E-state index in [1.807, 2.05) is 6.20 Å². The molecule has 1 aliphatic carbocycles. The van der Waals surface area contributed by atoms with E-state index in [0.29, 0.717) is 6.04 Å². The molecule has 1 aromatic heterocycles. The molecule has 0 aromatic carbocycles. The van der Waals surface area contributed by atoms with Gasteiger partial charge in [-0.2, -0.15) is 0 Å². The lowest BCUT2D eigenvalue weighted by molar-refractivity contribution is -0.00693. The van der Waals surface area contributed by atoms with Gasteiger partial charge in [0, 0.05) is 24.5 Å². The van der Waals surface area contributed by atoms with Crippen molar-refractivity contribution in [3.05, 3.63) is 18.2 Å². The van der Waals surface area contributed by atoms with E-state index in [9.17, 15) is 5.11 Å². The van der Waals surface area contributed by atoms with Crippen molar-refractivity contribution >= 4 is 0 Å². The van der Waals surface area contributed by atoms with Crippen LogP contribution < -0.4 is 5.32 Å². The molecule has 0 unspecified atom stereocenters. The molecule has 1 saturated carbocycles. The topological polar surface area (TPSA) is 60.9 Å². The molecule has 0 aliphatic heterocycles. The van der Waals surface area contributed by atoms with Crippen LogP contribution >= 0.6 is 0 Å². The minimum atomic E-state index is -0.397. The molecule has 1 heterocycles. The Morgan fingerprint density at radius 1 is 1.56 bits per heavy atom. The predicted molar refractivity (Wildman–Crippen MR) is 62.9 cm³/mol. The third-order valence-electron chi connectivity index (χ3n) is 3.71. The van der Waals surface area contributed by atoms with E-state index in [-0.39, 0.29) is 0 Å². The first-order chi connectivity index (χ1) is 7.72. The van der Waals surface area contributed by atoms with Gasteiger partial charge in [0.2, 0.25) is 0 Å². The third kappa shape index (κ3) is 2.83. The summed E-state index contributed by atoms with van der Waals surface area (Å²) in [5, 5.41) is 13.6. The molecule has 4 nitrogen and oxygen atoms in total. The van der Waals surface area contributed by atoms with Crippen LogP contribution in [0.15, 0.2) is 12.5 Å². The van der Waals surface area contributed by atoms with Crippen LogP contribution in [0, 0.1) is 0 Å². The van der Waals surface area contributed by atoms with Crippen LogP contribution in [0.5, 0.6) is 0 Å². The molecule has 0 spiro atoms. The lowest BCUT2D eigenvalue weighted by atomic mass is 9.80. The third-order valence-corrected chi connectivity index (χ3v) is 3.71. The Labute approximate surface area is 96.5 Å². The van der Waals surface area contributed by atoms with Crippen LogP contribution in [-0.4, -0.2) is 26.7 Å². The summed E-state index contributed by atoms with van der Waals surface area (Å²) >= 11 is 0. The van der Waals surface area contributed by atoms with Crippen molar-refractivity contribution in [2.75, 3.05) is 0 Å². The van der Waals surface area contributed by atoms with Crippen LogP contribution in [-0.2, 0) is 6.54 Å². The highest BCUT2D eigenvalue weighted by Gasteiger charge is 2.30. The van der Waals surface area contributed by atoms with Gasteiger partial charge in [-0.1, -0.05) is 6.92 Å². The van der Waals surface area contributed by atoms with E-state index in [1.54, 1.807) is 6.33 Å². The fraction of sp³-hybridized carbons (Fsp3) is 0.750. The quantitative estimate of drug-likeness (QED) is 0.726. The van der Waals surface area contributed by atoms with Gasteiger partial charge >= 0.3 is 0 Å². The zero-order valence-corrected chi connectivity index (χ0v) is 9.87. The number of hydrogen-bond donors (Lipinski definition) is 3.